The summed E-state index contributed by atoms with van der Waals surface area (Å²) in [5, 5.41) is 0. The average Bonchev–Trinajstić information content (AvgIpc) is 2.64. The van der Waals surface area contributed by atoms with Gasteiger partial charge in [-0.2, -0.15) is 13.2 Å². The van der Waals surface area contributed by atoms with Gasteiger partial charge in [0.25, 0.3) is 0 Å². The van der Waals surface area contributed by atoms with Gasteiger partial charge >= 0.3 is 6.18 Å². The Morgan fingerprint density at radius 3 is 2.44 bits per heavy atom. The van der Waals surface area contributed by atoms with Crippen molar-refractivity contribution >= 4 is 11.4 Å². The fraction of sp³-hybridized carbons (Fsp3) is 0.250. The monoisotopic (exact) mass is 225 g/mol. The van der Waals surface area contributed by atoms with Crippen LogP contribution in [-0.4, -0.2) is 5.71 Å². The molecule has 0 atom stereocenters. The van der Waals surface area contributed by atoms with E-state index in [0.29, 0.717) is 12.1 Å². The Kier molecular flexibility index (Phi) is 2.58. The van der Waals surface area contributed by atoms with E-state index in [9.17, 15) is 13.2 Å². The Morgan fingerprint density at radius 1 is 1.19 bits per heavy atom. The second kappa shape index (κ2) is 3.77. The van der Waals surface area contributed by atoms with Crippen LogP contribution in [-0.2, 0) is 6.18 Å². The van der Waals surface area contributed by atoms with E-state index < -0.39 is 11.7 Å². The molecular weight excluding hydrogens is 215 g/mol. The lowest BCUT2D eigenvalue weighted by atomic mass is 10.0. The smallest absolute Gasteiger partial charge is 0.257 e. The molecule has 4 heteroatoms. The van der Waals surface area contributed by atoms with Crippen molar-refractivity contribution in [2.75, 3.05) is 0 Å². The van der Waals surface area contributed by atoms with Crippen LogP contribution in [0.25, 0.3) is 5.70 Å². The first-order valence-corrected chi connectivity index (χ1v) is 4.89. The Hall–Kier alpha value is -1.58. The zero-order valence-corrected chi connectivity index (χ0v) is 8.67. The van der Waals surface area contributed by atoms with E-state index in [1.807, 2.05) is 0 Å². The highest BCUT2D eigenvalue weighted by atomic mass is 19.4. The minimum Gasteiger partial charge on any atom is -0.257 e. The largest absolute Gasteiger partial charge is 0.417 e. The van der Waals surface area contributed by atoms with Crippen LogP contribution in [0.3, 0.4) is 0 Å². The van der Waals surface area contributed by atoms with Crippen molar-refractivity contribution in [2.24, 2.45) is 4.99 Å². The number of hydrogen-bond donors (Lipinski definition) is 0. The lowest BCUT2D eigenvalue weighted by molar-refractivity contribution is -0.137. The van der Waals surface area contributed by atoms with Crippen LogP contribution >= 0.6 is 0 Å². The number of rotatable bonds is 1. The molecule has 1 aromatic rings. The zero-order chi connectivity index (χ0) is 11.8. The third-order valence-electron chi connectivity index (χ3n) is 2.41. The molecular formula is C12H10F3N. The molecule has 0 unspecified atom stereocenters. The van der Waals surface area contributed by atoms with E-state index in [4.69, 9.17) is 0 Å². The summed E-state index contributed by atoms with van der Waals surface area (Å²) in [7, 11) is 0. The molecule has 16 heavy (non-hydrogen) atoms. The van der Waals surface area contributed by atoms with E-state index in [1.165, 1.54) is 12.1 Å². The summed E-state index contributed by atoms with van der Waals surface area (Å²) in [5.41, 5.74) is 0.795. The number of alkyl halides is 3. The summed E-state index contributed by atoms with van der Waals surface area (Å²) in [6.45, 7) is 1.81. The summed E-state index contributed by atoms with van der Waals surface area (Å²) in [4.78, 5) is 4.11. The average molecular weight is 225 g/mol. The van der Waals surface area contributed by atoms with Crippen molar-refractivity contribution in [3.63, 3.8) is 0 Å². The highest BCUT2D eigenvalue weighted by molar-refractivity contribution is 5.94. The highest BCUT2D eigenvalue weighted by Crippen LogP contribution is 2.36. The van der Waals surface area contributed by atoms with E-state index >= 15 is 0 Å². The van der Waals surface area contributed by atoms with Crippen molar-refractivity contribution in [3.8, 4) is 0 Å². The van der Waals surface area contributed by atoms with Crippen LogP contribution in [0.15, 0.2) is 35.3 Å². The molecule has 0 spiro atoms. The van der Waals surface area contributed by atoms with E-state index in [2.05, 4.69) is 4.99 Å². The molecule has 1 aliphatic heterocycles. The lowest BCUT2D eigenvalue weighted by Gasteiger charge is -2.11. The van der Waals surface area contributed by atoms with Gasteiger partial charge in [-0.3, -0.25) is 4.99 Å². The summed E-state index contributed by atoms with van der Waals surface area (Å²) in [5.74, 6) is 0. The van der Waals surface area contributed by atoms with Gasteiger partial charge in [-0.25, -0.2) is 0 Å². The van der Waals surface area contributed by atoms with E-state index in [0.717, 1.165) is 11.8 Å². The second-order valence-electron chi connectivity index (χ2n) is 3.68. The minimum absolute atomic E-state index is 0.159. The van der Waals surface area contributed by atoms with Gasteiger partial charge < -0.3 is 0 Å². The van der Waals surface area contributed by atoms with E-state index in [-0.39, 0.29) is 5.56 Å². The van der Waals surface area contributed by atoms with Gasteiger partial charge in [0.1, 0.15) is 0 Å². The van der Waals surface area contributed by atoms with Crippen LogP contribution < -0.4 is 0 Å². The summed E-state index contributed by atoms with van der Waals surface area (Å²) < 4.78 is 38.2. The fourth-order valence-electron chi connectivity index (χ4n) is 1.67. The van der Waals surface area contributed by atoms with Gasteiger partial charge in [0.2, 0.25) is 0 Å². The Labute approximate surface area is 91.3 Å². The van der Waals surface area contributed by atoms with Crippen LogP contribution in [0.5, 0.6) is 0 Å². The third kappa shape index (κ3) is 2.01. The number of hydrogen-bond acceptors (Lipinski definition) is 1. The van der Waals surface area contributed by atoms with Gasteiger partial charge in [0.15, 0.2) is 0 Å². The highest BCUT2D eigenvalue weighted by Gasteiger charge is 2.34. The van der Waals surface area contributed by atoms with Crippen LogP contribution in [0, 0.1) is 0 Å². The zero-order valence-electron chi connectivity index (χ0n) is 8.67. The Morgan fingerprint density at radius 2 is 1.88 bits per heavy atom. The van der Waals surface area contributed by atoms with Crippen molar-refractivity contribution in [3.05, 3.63) is 41.5 Å². The first kappa shape index (κ1) is 10.9. The van der Waals surface area contributed by atoms with Crippen LogP contribution in [0.2, 0.25) is 0 Å². The molecule has 84 valence electrons. The topological polar surface area (TPSA) is 12.4 Å². The van der Waals surface area contributed by atoms with Crippen molar-refractivity contribution in [1.82, 2.24) is 0 Å². The van der Waals surface area contributed by atoms with Crippen LogP contribution in [0.1, 0.15) is 24.5 Å². The molecule has 0 saturated carbocycles. The molecule has 0 aromatic heterocycles. The number of nitrogens with zero attached hydrogens (tertiary/aromatic N) is 1. The van der Waals surface area contributed by atoms with Crippen LogP contribution in [0.4, 0.5) is 13.2 Å². The fourth-order valence-corrected chi connectivity index (χ4v) is 1.67. The van der Waals surface area contributed by atoms with Crippen molar-refractivity contribution in [1.29, 1.82) is 0 Å². The molecule has 0 amide bonds. The standard InChI is InChI=1S/C12H10F3N/c1-8-6-7-11(16-8)9-4-2-3-5-10(9)12(13,14)15/h2-5,7H,6H2,1H3. The predicted molar refractivity (Wildman–Crippen MR) is 57.1 cm³/mol. The first-order chi connectivity index (χ1) is 7.48. The molecule has 1 aliphatic rings. The van der Waals surface area contributed by atoms with Gasteiger partial charge in [-0.1, -0.05) is 24.3 Å². The molecule has 0 aliphatic carbocycles. The molecule has 0 N–H and O–H groups in total. The normalized spacial score (nSPS) is 16.0. The number of allylic oxidation sites excluding steroid dienone is 1. The number of benzene rings is 1. The number of aliphatic imine (C=N–C) groups is 1. The molecule has 2 rings (SSSR count). The maximum Gasteiger partial charge on any atom is 0.417 e. The Bertz CT molecular complexity index is 469. The van der Waals surface area contributed by atoms with Gasteiger partial charge in [0.05, 0.1) is 11.3 Å². The minimum atomic E-state index is -4.33. The lowest BCUT2D eigenvalue weighted by Crippen LogP contribution is -2.08. The van der Waals surface area contributed by atoms with Gasteiger partial charge in [0, 0.05) is 17.7 Å². The SMILES string of the molecule is CC1=NC(c2ccccc2C(F)(F)F)=CC1. The molecule has 0 fully saturated rings. The van der Waals surface area contributed by atoms with E-state index in [1.54, 1.807) is 19.1 Å². The maximum atomic E-state index is 12.7. The summed E-state index contributed by atoms with van der Waals surface area (Å²) >= 11 is 0. The first-order valence-electron chi connectivity index (χ1n) is 4.89. The molecule has 0 saturated heterocycles. The molecule has 1 nitrogen and oxygen atoms in total. The maximum absolute atomic E-state index is 12.7. The van der Waals surface area contributed by atoms with Crippen molar-refractivity contribution in [2.45, 2.75) is 19.5 Å². The second-order valence-corrected chi connectivity index (χ2v) is 3.68. The Balaban J connectivity index is 2.50. The van der Waals surface area contributed by atoms with Crippen molar-refractivity contribution < 1.29 is 13.2 Å². The predicted octanol–water partition coefficient (Wildman–Crippen LogP) is 3.91. The molecule has 1 heterocycles. The summed E-state index contributed by atoms with van der Waals surface area (Å²) in [6, 6.07) is 5.52. The van der Waals surface area contributed by atoms with Gasteiger partial charge in [-0.15, -0.1) is 0 Å². The molecule has 0 bridgehead atoms. The third-order valence-corrected chi connectivity index (χ3v) is 2.41. The number of halogens is 3. The molecule has 1 aromatic carbocycles. The summed E-state index contributed by atoms with van der Waals surface area (Å²) in [6.07, 6.45) is -1.98. The van der Waals surface area contributed by atoms with Gasteiger partial charge in [-0.05, 0) is 13.0 Å². The quantitative estimate of drug-likeness (QED) is 0.687. The molecule has 0 radical (unpaired) electrons.